The fourth-order valence-corrected chi connectivity index (χ4v) is 3.38. The Morgan fingerprint density at radius 2 is 1.52 bits per heavy atom. The van der Waals surface area contributed by atoms with Crippen LogP contribution in [0.15, 0.2) is 36.4 Å². The molecule has 0 spiro atoms. The molecule has 2 aromatic carbocycles. The van der Waals surface area contributed by atoms with Gasteiger partial charge in [0, 0.05) is 49.6 Å². The number of anilines is 1. The highest BCUT2D eigenvalue weighted by atomic mass is 16.5. The number of ether oxygens (including phenoxy) is 3. The average Bonchev–Trinajstić information content (AvgIpc) is 2.72. The predicted octanol–water partition coefficient (Wildman–Crippen LogP) is 2.98. The van der Waals surface area contributed by atoms with E-state index in [0.717, 1.165) is 29.9 Å². The molecule has 1 aliphatic heterocycles. The highest BCUT2D eigenvalue weighted by Crippen LogP contribution is 2.41. The molecule has 6 heteroatoms. The summed E-state index contributed by atoms with van der Waals surface area (Å²) in [5.41, 5.74) is 2.83. The first-order valence-electron chi connectivity index (χ1n) is 8.98. The van der Waals surface area contributed by atoms with Gasteiger partial charge in [-0.2, -0.15) is 0 Å². The number of hydrogen-bond donors (Lipinski definition) is 0. The zero-order valence-corrected chi connectivity index (χ0v) is 16.3. The van der Waals surface area contributed by atoms with Crippen molar-refractivity contribution in [3.63, 3.8) is 0 Å². The van der Waals surface area contributed by atoms with E-state index in [1.807, 2.05) is 48.2 Å². The van der Waals surface area contributed by atoms with Crippen LogP contribution in [0.25, 0.3) is 0 Å². The zero-order valence-electron chi connectivity index (χ0n) is 16.3. The number of methoxy groups -OCH3 is 3. The van der Waals surface area contributed by atoms with Crippen LogP contribution in [-0.4, -0.2) is 58.3 Å². The summed E-state index contributed by atoms with van der Waals surface area (Å²) in [5, 5.41) is 0. The number of aryl methyl sites for hydroxylation is 1. The number of carbonyl (C=O) groups is 1. The topological polar surface area (TPSA) is 51.2 Å². The van der Waals surface area contributed by atoms with Crippen LogP contribution in [0, 0.1) is 6.92 Å². The number of rotatable bonds is 5. The summed E-state index contributed by atoms with van der Waals surface area (Å²) in [4.78, 5) is 16.9. The molecule has 27 heavy (non-hydrogen) atoms. The lowest BCUT2D eigenvalue weighted by molar-refractivity contribution is 0.0746. The second-order valence-corrected chi connectivity index (χ2v) is 6.53. The summed E-state index contributed by atoms with van der Waals surface area (Å²) >= 11 is 0. The number of carbonyl (C=O) groups excluding carboxylic acids is 1. The smallest absolute Gasteiger partial charge is 0.253 e. The Kier molecular flexibility index (Phi) is 5.74. The molecule has 0 radical (unpaired) electrons. The fourth-order valence-electron chi connectivity index (χ4n) is 3.38. The van der Waals surface area contributed by atoms with Crippen LogP contribution in [0.1, 0.15) is 15.9 Å². The maximum absolute atomic E-state index is 12.7. The van der Waals surface area contributed by atoms with E-state index in [0.29, 0.717) is 30.3 Å². The monoisotopic (exact) mass is 370 g/mol. The lowest BCUT2D eigenvalue weighted by Crippen LogP contribution is -2.48. The molecule has 3 rings (SSSR count). The molecule has 0 aliphatic carbocycles. The Morgan fingerprint density at radius 3 is 2.04 bits per heavy atom. The van der Waals surface area contributed by atoms with Crippen molar-refractivity contribution >= 4 is 11.6 Å². The lowest BCUT2D eigenvalue weighted by atomic mass is 10.1. The molecule has 2 aromatic rings. The first-order valence-corrected chi connectivity index (χ1v) is 8.98. The lowest BCUT2D eigenvalue weighted by Gasteiger charge is -2.36. The van der Waals surface area contributed by atoms with Gasteiger partial charge in [0.2, 0.25) is 5.75 Å². The highest BCUT2D eigenvalue weighted by Gasteiger charge is 2.24. The molecule has 0 bridgehead atoms. The quantitative estimate of drug-likeness (QED) is 0.810. The molecule has 0 unspecified atom stereocenters. The van der Waals surface area contributed by atoms with Crippen molar-refractivity contribution in [2.75, 3.05) is 52.4 Å². The van der Waals surface area contributed by atoms with Crippen molar-refractivity contribution in [2.24, 2.45) is 0 Å². The number of benzene rings is 2. The van der Waals surface area contributed by atoms with Gasteiger partial charge in [0.25, 0.3) is 5.91 Å². The minimum absolute atomic E-state index is 0.0863. The van der Waals surface area contributed by atoms with Crippen LogP contribution < -0.4 is 19.1 Å². The third-order valence-corrected chi connectivity index (χ3v) is 4.85. The Hall–Kier alpha value is -2.89. The van der Waals surface area contributed by atoms with Crippen LogP contribution in [0.3, 0.4) is 0 Å². The van der Waals surface area contributed by atoms with E-state index >= 15 is 0 Å². The molecule has 0 saturated carbocycles. The predicted molar refractivity (Wildman–Crippen MR) is 105 cm³/mol. The van der Waals surface area contributed by atoms with Gasteiger partial charge < -0.3 is 24.0 Å². The van der Waals surface area contributed by atoms with Gasteiger partial charge in [0.15, 0.2) is 11.5 Å². The van der Waals surface area contributed by atoms with E-state index < -0.39 is 0 Å². The minimum Gasteiger partial charge on any atom is -0.493 e. The molecule has 1 aliphatic rings. The van der Waals surface area contributed by atoms with Gasteiger partial charge >= 0.3 is 0 Å². The molecule has 144 valence electrons. The summed E-state index contributed by atoms with van der Waals surface area (Å²) in [6, 6.07) is 11.6. The number of piperazine rings is 1. The second-order valence-electron chi connectivity index (χ2n) is 6.53. The maximum atomic E-state index is 12.7. The Morgan fingerprint density at radius 1 is 0.889 bits per heavy atom. The van der Waals surface area contributed by atoms with Crippen molar-refractivity contribution in [1.82, 2.24) is 4.90 Å². The summed E-state index contributed by atoms with van der Waals surface area (Å²) < 4.78 is 16.3. The van der Waals surface area contributed by atoms with Gasteiger partial charge in [-0.1, -0.05) is 17.7 Å². The fraction of sp³-hybridized carbons (Fsp3) is 0.381. The SMILES string of the molecule is COc1cc(N2CCN(C(=O)c3cccc(C)c3)CC2)cc(OC)c1OC. The summed E-state index contributed by atoms with van der Waals surface area (Å²) in [6.45, 7) is 4.83. The van der Waals surface area contributed by atoms with E-state index in [1.54, 1.807) is 21.3 Å². The van der Waals surface area contributed by atoms with Gasteiger partial charge in [0.05, 0.1) is 21.3 Å². The molecule has 1 saturated heterocycles. The Labute approximate surface area is 160 Å². The number of nitrogens with zero attached hydrogens (tertiary/aromatic N) is 2. The van der Waals surface area contributed by atoms with Gasteiger partial charge in [-0.05, 0) is 19.1 Å². The third-order valence-electron chi connectivity index (χ3n) is 4.85. The summed E-state index contributed by atoms with van der Waals surface area (Å²) in [6.07, 6.45) is 0. The molecular formula is C21H26N2O4. The first kappa shape index (κ1) is 18.9. The van der Waals surface area contributed by atoms with Crippen molar-refractivity contribution < 1.29 is 19.0 Å². The van der Waals surface area contributed by atoms with Crippen LogP contribution >= 0.6 is 0 Å². The minimum atomic E-state index is 0.0863. The number of hydrogen-bond acceptors (Lipinski definition) is 5. The first-order chi connectivity index (χ1) is 13.1. The van der Waals surface area contributed by atoms with Crippen LogP contribution in [0.4, 0.5) is 5.69 Å². The maximum Gasteiger partial charge on any atom is 0.253 e. The second kappa shape index (κ2) is 8.20. The molecular weight excluding hydrogens is 344 g/mol. The van der Waals surface area contributed by atoms with Crippen LogP contribution in [0.5, 0.6) is 17.2 Å². The molecule has 1 heterocycles. The van der Waals surface area contributed by atoms with Gasteiger partial charge in [-0.25, -0.2) is 0 Å². The van der Waals surface area contributed by atoms with Crippen molar-refractivity contribution in [2.45, 2.75) is 6.92 Å². The molecule has 0 N–H and O–H groups in total. The van der Waals surface area contributed by atoms with Crippen molar-refractivity contribution in [1.29, 1.82) is 0 Å². The molecule has 0 atom stereocenters. The third kappa shape index (κ3) is 3.94. The molecule has 1 fully saturated rings. The largest absolute Gasteiger partial charge is 0.493 e. The van der Waals surface area contributed by atoms with Gasteiger partial charge in [-0.3, -0.25) is 4.79 Å². The van der Waals surface area contributed by atoms with Crippen molar-refractivity contribution in [3.8, 4) is 17.2 Å². The van der Waals surface area contributed by atoms with Crippen LogP contribution in [-0.2, 0) is 0 Å². The Balaban J connectivity index is 1.73. The summed E-state index contributed by atoms with van der Waals surface area (Å²) in [5.74, 6) is 1.93. The van der Waals surface area contributed by atoms with Crippen molar-refractivity contribution in [3.05, 3.63) is 47.5 Å². The normalized spacial score (nSPS) is 14.1. The number of amides is 1. The molecule has 1 amide bonds. The highest BCUT2D eigenvalue weighted by molar-refractivity contribution is 5.94. The summed E-state index contributed by atoms with van der Waals surface area (Å²) in [7, 11) is 4.81. The molecule has 0 aromatic heterocycles. The average molecular weight is 370 g/mol. The zero-order chi connectivity index (χ0) is 19.4. The van der Waals surface area contributed by atoms with Crippen LogP contribution in [0.2, 0.25) is 0 Å². The van der Waals surface area contributed by atoms with E-state index in [2.05, 4.69) is 4.90 Å². The van der Waals surface area contributed by atoms with Gasteiger partial charge in [-0.15, -0.1) is 0 Å². The molecule has 6 nitrogen and oxygen atoms in total. The van der Waals surface area contributed by atoms with E-state index in [4.69, 9.17) is 14.2 Å². The standard InChI is InChI=1S/C21H26N2O4/c1-15-6-5-7-16(12-15)21(24)23-10-8-22(9-11-23)17-13-18(25-2)20(27-4)19(14-17)26-3/h5-7,12-14H,8-11H2,1-4H3. The van der Waals surface area contributed by atoms with E-state index in [1.165, 1.54) is 0 Å². The van der Waals surface area contributed by atoms with E-state index in [9.17, 15) is 4.79 Å². The van der Waals surface area contributed by atoms with Gasteiger partial charge in [0.1, 0.15) is 0 Å². The Bertz CT molecular complexity index is 789. The van der Waals surface area contributed by atoms with E-state index in [-0.39, 0.29) is 5.91 Å².